The number of hydrogen-bond acceptors (Lipinski definition) is 2. The van der Waals surface area contributed by atoms with E-state index in [0.717, 1.165) is 18.6 Å². The minimum atomic E-state index is 0.308. The van der Waals surface area contributed by atoms with E-state index >= 15 is 0 Å². The molecule has 0 saturated carbocycles. The minimum absolute atomic E-state index is 0.308. The average Bonchev–Trinajstić information content (AvgIpc) is 2.17. The third-order valence-electron chi connectivity index (χ3n) is 1.84. The zero-order chi connectivity index (χ0) is 10.4. The van der Waals surface area contributed by atoms with Crippen molar-refractivity contribution in [3.8, 4) is 5.75 Å². The summed E-state index contributed by atoms with van der Waals surface area (Å²) in [5, 5.41) is 0. The molecule has 0 atom stereocenters. The SMILES string of the molecule is CCCc1ccc(OCC(N)=S)cc1. The highest BCUT2D eigenvalue weighted by Crippen LogP contribution is 2.13. The molecule has 14 heavy (non-hydrogen) atoms. The van der Waals surface area contributed by atoms with Crippen molar-refractivity contribution in [2.75, 3.05) is 6.61 Å². The number of rotatable bonds is 5. The lowest BCUT2D eigenvalue weighted by Crippen LogP contribution is -2.17. The molecule has 3 heteroatoms. The first-order valence-electron chi connectivity index (χ1n) is 4.72. The van der Waals surface area contributed by atoms with Crippen LogP contribution in [0.5, 0.6) is 5.75 Å². The van der Waals surface area contributed by atoms with Crippen LogP contribution in [-0.4, -0.2) is 11.6 Å². The van der Waals surface area contributed by atoms with Gasteiger partial charge in [-0.1, -0.05) is 37.7 Å². The van der Waals surface area contributed by atoms with Gasteiger partial charge in [-0.25, -0.2) is 0 Å². The van der Waals surface area contributed by atoms with E-state index in [0.29, 0.717) is 11.6 Å². The van der Waals surface area contributed by atoms with Crippen LogP contribution >= 0.6 is 12.2 Å². The first kappa shape index (κ1) is 11.0. The van der Waals surface area contributed by atoms with Crippen LogP contribution in [0.2, 0.25) is 0 Å². The molecule has 1 aromatic carbocycles. The topological polar surface area (TPSA) is 35.2 Å². The van der Waals surface area contributed by atoms with E-state index in [1.165, 1.54) is 5.56 Å². The lowest BCUT2D eigenvalue weighted by atomic mass is 10.1. The Morgan fingerprint density at radius 3 is 2.50 bits per heavy atom. The van der Waals surface area contributed by atoms with E-state index in [1.54, 1.807) is 0 Å². The van der Waals surface area contributed by atoms with Crippen molar-refractivity contribution < 1.29 is 4.74 Å². The Hall–Kier alpha value is -1.09. The molecule has 0 amide bonds. The second-order valence-corrected chi connectivity index (χ2v) is 3.67. The lowest BCUT2D eigenvalue weighted by molar-refractivity contribution is 0.377. The molecule has 0 heterocycles. The van der Waals surface area contributed by atoms with E-state index < -0.39 is 0 Å². The fraction of sp³-hybridized carbons (Fsp3) is 0.364. The van der Waals surface area contributed by atoms with Gasteiger partial charge in [0.25, 0.3) is 0 Å². The van der Waals surface area contributed by atoms with E-state index in [-0.39, 0.29) is 0 Å². The zero-order valence-corrected chi connectivity index (χ0v) is 9.14. The van der Waals surface area contributed by atoms with E-state index in [2.05, 4.69) is 19.1 Å². The van der Waals surface area contributed by atoms with Gasteiger partial charge < -0.3 is 10.5 Å². The Morgan fingerprint density at radius 1 is 1.36 bits per heavy atom. The Bertz CT molecular complexity index is 295. The highest BCUT2D eigenvalue weighted by molar-refractivity contribution is 7.80. The summed E-state index contributed by atoms with van der Waals surface area (Å²) < 4.78 is 5.33. The van der Waals surface area contributed by atoms with Crippen molar-refractivity contribution >= 4 is 17.2 Å². The van der Waals surface area contributed by atoms with Crippen molar-refractivity contribution in [1.29, 1.82) is 0 Å². The largest absolute Gasteiger partial charge is 0.487 e. The van der Waals surface area contributed by atoms with Gasteiger partial charge in [0, 0.05) is 0 Å². The van der Waals surface area contributed by atoms with E-state index in [4.69, 9.17) is 22.7 Å². The fourth-order valence-electron chi connectivity index (χ4n) is 1.20. The molecule has 0 aliphatic rings. The second-order valence-electron chi connectivity index (χ2n) is 3.15. The molecule has 76 valence electrons. The van der Waals surface area contributed by atoms with E-state index in [1.807, 2.05) is 12.1 Å². The Balaban J connectivity index is 2.50. The van der Waals surface area contributed by atoms with Crippen LogP contribution in [0, 0.1) is 0 Å². The fourth-order valence-corrected chi connectivity index (χ4v) is 1.25. The first-order chi connectivity index (χ1) is 6.72. The number of nitrogens with two attached hydrogens (primary N) is 1. The maximum atomic E-state index is 5.33. The zero-order valence-electron chi connectivity index (χ0n) is 8.32. The summed E-state index contributed by atoms with van der Waals surface area (Å²) in [7, 11) is 0. The van der Waals surface area contributed by atoms with Gasteiger partial charge in [0.15, 0.2) is 0 Å². The maximum Gasteiger partial charge on any atom is 0.138 e. The molecule has 0 aliphatic carbocycles. The maximum absolute atomic E-state index is 5.33. The summed E-state index contributed by atoms with van der Waals surface area (Å²) >= 11 is 4.71. The van der Waals surface area contributed by atoms with Gasteiger partial charge in [-0.2, -0.15) is 0 Å². The number of hydrogen-bond donors (Lipinski definition) is 1. The van der Waals surface area contributed by atoms with Crippen LogP contribution in [-0.2, 0) is 6.42 Å². The standard InChI is InChI=1S/C11H15NOS/c1-2-3-9-4-6-10(7-5-9)13-8-11(12)14/h4-7H,2-3,8H2,1H3,(H2,12,14). The monoisotopic (exact) mass is 209 g/mol. The normalized spacial score (nSPS) is 9.79. The van der Waals surface area contributed by atoms with Crippen LogP contribution in [0.1, 0.15) is 18.9 Å². The van der Waals surface area contributed by atoms with Crippen LogP contribution in [0.15, 0.2) is 24.3 Å². The summed E-state index contributed by atoms with van der Waals surface area (Å²) in [6.07, 6.45) is 2.27. The molecule has 0 aromatic heterocycles. The van der Waals surface area contributed by atoms with Gasteiger partial charge >= 0.3 is 0 Å². The van der Waals surface area contributed by atoms with Crippen molar-refractivity contribution in [2.45, 2.75) is 19.8 Å². The van der Waals surface area contributed by atoms with Crippen LogP contribution in [0.4, 0.5) is 0 Å². The summed E-state index contributed by atoms with van der Waals surface area (Å²) in [4.78, 5) is 0.377. The Labute approximate surface area is 90.1 Å². The first-order valence-corrected chi connectivity index (χ1v) is 5.13. The highest BCUT2D eigenvalue weighted by Gasteiger charge is 1.95. The predicted molar refractivity (Wildman–Crippen MR) is 62.7 cm³/mol. The molecule has 0 saturated heterocycles. The van der Waals surface area contributed by atoms with Crippen LogP contribution < -0.4 is 10.5 Å². The summed E-state index contributed by atoms with van der Waals surface area (Å²) in [5.74, 6) is 0.817. The van der Waals surface area contributed by atoms with Crippen LogP contribution in [0.3, 0.4) is 0 Å². The van der Waals surface area contributed by atoms with Gasteiger partial charge in [-0.05, 0) is 24.1 Å². The molecule has 2 N–H and O–H groups in total. The number of ether oxygens (including phenoxy) is 1. The molecule has 2 nitrogen and oxygen atoms in total. The molecule has 0 unspecified atom stereocenters. The van der Waals surface area contributed by atoms with Crippen molar-refractivity contribution in [3.63, 3.8) is 0 Å². The second kappa shape index (κ2) is 5.60. The quantitative estimate of drug-likeness (QED) is 0.756. The van der Waals surface area contributed by atoms with Crippen molar-refractivity contribution in [1.82, 2.24) is 0 Å². The van der Waals surface area contributed by atoms with Gasteiger partial charge in [-0.3, -0.25) is 0 Å². The minimum Gasteiger partial charge on any atom is -0.487 e. The predicted octanol–water partition coefficient (Wildman–Crippen LogP) is 2.30. The molecule has 0 fully saturated rings. The Morgan fingerprint density at radius 2 is 2.00 bits per heavy atom. The molecule has 0 spiro atoms. The third kappa shape index (κ3) is 3.75. The molecule has 1 rings (SSSR count). The van der Waals surface area contributed by atoms with Gasteiger partial charge in [0.2, 0.25) is 0 Å². The molecule has 1 aromatic rings. The molecule has 0 aliphatic heterocycles. The molecular formula is C11H15NOS. The summed E-state index contributed by atoms with van der Waals surface area (Å²) in [6, 6.07) is 8.03. The van der Waals surface area contributed by atoms with Crippen molar-refractivity contribution in [3.05, 3.63) is 29.8 Å². The smallest absolute Gasteiger partial charge is 0.138 e. The van der Waals surface area contributed by atoms with Gasteiger partial charge in [0.1, 0.15) is 17.3 Å². The number of benzene rings is 1. The third-order valence-corrected chi connectivity index (χ3v) is 1.96. The summed E-state index contributed by atoms with van der Waals surface area (Å²) in [5.41, 5.74) is 6.65. The average molecular weight is 209 g/mol. The number of aryl methyl sites for hydroxylation is 1. The van der Waals surface area contributed by atoms with Crippen LogP contribution in [0.25, 0.3) is 0 Å². The number of thiocarbonyl (C=S) groups is 1. The molecule has 0 bridgehead atoms. The van der Waals surface area contributed by atoms with Gasteiger partial charge in [-0.15, -0.1) is 0 Å². The Kier molecular flexibility index (Phi) is 4.40. The molecule has 0 radical (unpaired) electrons. The lowest BCUT2D eigenvalue weighted by Gasteiger charge is -2.05. The molecular weight excluding hydrogens is 194 g/mol. The van der Waals surface area contributed by atoms with Crippen molar-refractivity contribution in [2.24, 2.45) is 5.73 Å². The highest BCUT2D eigenvalue weighted by atomic mass is 32.1. The van der Waals surface area contributed by atoms with E-state index in [9.17, 15) is 0 Å². The summed E-state index contributed by atoms with van der Waals surface area (Å²) in [6.45, 7) is 2.47. The van der Waals surface area contributed by atoms with Gasteiger partial charge in [0.05, 0.1) is 0 Å².